The lowest BCUT2D eigenvalue weighted by molar-refractivity contribution is -0.385. The minimum atomic E-state index is -4.26. The monoisotopic (exact) mass is 402 g/mol. The number of amides is 1. The highest BCUT2D eigenvalue weighted by Crippen LogP contribution is 2.25. The third-order valence-electron chi connectivity index (χ3n) is 3.73. The smallest absolute Gasteiger partial charge is 0.339 e. The number of nitro groups is 1. The quantitative estimate of drug-likeness (QED) is 0.379. The molecule has 0 radical (unpaired) electrons. The van der Waals surface area contributed by atoms with Gasteiger partial charge in [0.05, 0.1) is 11.2 Å². The number of hydrogen-bond donors (Lipinski definition) is 1. The summed E-state index contributed by atoms with van der Waals surface area (Å²) in [5.74, 6) is -0.346. The third-order valence-corrected chi connectivity index (χ3v) is 4.97. The summed E-state index contributed by atoms with van der Waals surface area (Å²) in [4.78, 5) is 21.9. The normalized spacial score (nSPS) is 11.0. The maximum atomic E-state index is 12.4. The largest absolute Gasteiger partial charge is 0.459 e. The van der Waals surface area contributed by atoms with Crippen LogP contribution >= 0.6 is 0 Å². The van der Waals surface area contributed by atoms with E-state index in [9.17, 15) is 23.3 Å². The molecule has 1 amide bonds. The number of anilines is 1. The molecule has 28 heavy (non-hydrogen) atoms. The average Bonchev–Trinajstić information content (AvgIpc) is 3.18. The first-order valence-corrected chi connectivity index (χ1v) is 9.31. The predicted octanol–water partition coefficient (Wildman–Crippen LogP) is 3.52. The summed E-state index contributed by atoms with van der Waals surface area (Å²) in [5, 5.41) is 13.6. The Kier molecular flexibility index (Phi) is 5.14. The van der Waals surface area contributed by atoms with E-state index in [4.69, 9.17) is 8.60 Å². The van der Waals surface area contributed by atoms with Crippen LogP contribution in [-0.2, 0) is 10.1 Å². The number of hydrogen-bond acceptors (Lipinski definition) is 7. The van der Waals surface area contributed by atoms with Crippen molar-refractivity contribution < 1.29 is 26.7 Å². The number of aryl methyl sites for hydroxylation is 1. The van der Waals surface area contributed by atoms with Crippen molar-refractivity contribution >= 4 is 27.4 Å². The zero-order chi connectivity index (χ0) is 20.3. The molecule has 0 saturated heterocycles. The van der Waals surface area contributed by atoms with E-state index in [1.54, 1.807) is 6.07 Å². The van der Waals surface area contributed by atoms with Crippen molar-refractivity contribution in [3.05, 3.63) is 82.3 Å². The Morgan fingerprint density at radius 2 is 1.86 bits per heavy atom. The van der Waals surface area contributed by atoms with Crippen molar-refractivity contribution in [1.29, 1.82) is 0 Å². The Morgan fingerprint density at radius 3 is 2.46 bits per heavy atom. The van der Waals surface area contributed by atoms with Crippen LogP contribution in [0.2, 0.25) is 0 Å². The molecule has 0 atom stereocenters. The molecule has 1 N–H and O–H groups in total. The van der Waals surface area contributed by atoms with Crippen molar-refractivity contribution in [1.82, 2.24) is 0 Å². The molecule has 0 aliphatic carbocycles. The lowest BCUT2D eigenvalue weighted by Gasteiger charge is -2.09. The van der Waals surface area contributed by atoms with Crippen LogP contribution in [0.4, 0.5) is 11.4 Å². The van der Waals surface area contributed by atoms with Crippen LogP contribution < -0.4 is 9.50 Å². The fourth-order valence-electron chi connectivity index (χ4n) is 2.31. The van der Waals surface area contributed by atoms with E-state index in [1.165, 1.54) is 55.7 Å². The van der Waals surface area contributed by atoms with Gasteiger partial charge in [-0.15, -0.1) is 0 Å². The molecule has 0 saturated carbocycles. The molecule has 0 unspecified atom stereocenters. The van der Waals surface area contributed by atoms with Crippen LogP contribution in [0.15, 0.2) is 70.2 Å². The zero-order valence-electron chi connectivity index (χ0n) is 14.5. The van der Waals surface area contributed by atoms with Crippen molar-refractivity contribution in [2.45, 2.75) is 11.8 Å². The zero-order valence-corrected chi connectivity index (χ0v) is 15.3. The van der Waals surface area contributed by atoms with E-state index < -0.39 is 20.9 Å². The van der Waals surface area contributed by atoms with Gasteiger partial charge < -0.3 is 13.9 Å². The Bertz CT molecular complexity index is 1120. The summed E-state index contributed by atoms with van der Waals surface area (Å²) in [5.41, 5.74) is 0.415. The van der Waals surface area contributed by atoms with Gasteiger partial charge in [-0.05, 0) is 49.4 Å². The first-order valence-electron chi connectivity index (χ1n) is 7.91. The lowest BCUT2D eigenvalue weighted by Crippen LogP contribution is -2.12. The molecule has 144 valence electrons. The number of rotatable bonds is 6. The Balaban J connectivity index is 1.75. The summed E-state index contributed by atoms with van der Waals surface area (Å²) < 4.78 is 34.7. The number of furan rings is 1. The fraction of sp³-hybridized carbons (Fsp3) is 0.0556. The van der Waals surface area contributed by atoms with Crippen molar-refractivity contribution in [3.63, 3.8) is 0 Å². The maximum absolute atomic E-state index is 12.4. The van der Waals surface area contributed by atoms with Gasteiger partial charge >= 0.3 is 10.1 Å². The highest BCUT2D eigenvalue weighted by atomic mass is 32.2. The molecule has 1 aromatic heterocycles. The SMILES string of the molecule is Cc1ccc(S(=O)(=O)Oc2ccc(NC(=O)c3ccco3)cc2)cc1[N+](=O)[O-]. The summed E-state index contributed by atoms with van der Waals surface area (Å²) in [6.07, 6.45) is 1.37. The van der Waals surface area contributed by atoms with E-state index in [2.05, 4.69) is 5.32 Å². The van der Waals surface area contributed by atoms with Crippen molar-refractivity contribution in [2.75, 3.05) is 5.32 Å². The fourth-order valence-corrected chi connectivity index (χ4v) is 3.26. The topological polar surface area (TPSA) is 129 Å². The van der Waals surface area contributed by atoms with Crippen LogP contribution in [-0.4, -0.2) is 19.2 Å². The Hall–Kier alpha value is -3.66. The van der Waals surface area contributed by atoms with Gasteiger partial charge in [-0.25, -0.2) is 0 Å². The van der Waals surface area contributed by atoms with Crippen LogP contribution in [0.5, 0.6) is 5.75 Å². The van der Waals surface area contributed by atoms with Crippen LogP contribution in [0.3, 0.4) is 0 Å². The molecule has 0 aliphatic rings. The second-order valence-corrected chi connectivity index (χ2v) is 7.24. The molecule has 2 aromatic carbocycles. The minimum absolute atomic E-state index is 0.0146. The molecule has 3 aromatic rings. The highest BCUT2D eigenvalue weighted by Gasteiger charge is 2.21. The minimum Gasteiger partial charge on any atom is -0.459 e. The summed E-state index contributed by atoms with van der Waals surface area (Å²) >= 11 is 0. The number of nitro benzene ring substituents is 1. The van der Waals surface area contributed by atoms with Gasteiger partial charge in [-0.1, -0.05) is 6.07 Å². The van der Waals surface area contributed by atoms with Gasteiger partial charge in [0.25, 0.3) is 11.6 Å². The van der Waals surface area contributed by atoms with E-state index in [0.717, 1.165) is 6.07 Å². The summed E-state index contributed by atoms with van der Waals surface area (Å²) in [6, 6.07) is 12.2. The van der Waals surface area contributed by atoms with E-state index >= 15 is 0 Å². The molecule has 1 heterocycles. The van der Waals surface area contributed by atoms with E-state index in [1.807, 2.05) is 0 Å². The number of carbonyl (C=O) groups excluding carboxylic acids is 1. The van der Waals surface area contributed by atoms with Gasteiger partial charge in [-0.2, -0.15) is 8.42 Å². The second-order valence-electron chi connectivity index (χ2n) is 5.70. The summed E-state index contributed by atoms with van der Waals surface area (Å²) in [6.45, 7) is 1.51. The number of carbonyl (C=O) groups is 1. The predicted molar refractivity (Wildman–Crippen MR) is 98.8 cm³/mol. The summed E-state index contributed by atoms with van der Waals surface area (Å²) in [7, 11) is -4.26. The van der Waals surface area contributed by atoms with Gasteiger partial charge in [0.1, 0.15) is 10.6 Å². The van der Waals surface area contributed by atoms with Crippen LogP contribution in [0, 0.1) is 17.0 Å². The average molecular weight is 402 g/mol. The number of nitrogens with one attached hydrogen (secondary N) is 1. The Morgan fingerprint density at radius 1 is 1.14 bits per heavy atom. The molecular weight excluding hydrogens is 388 g/mol. The molecule has 0 spiro atoms. The number of benzene rings is 2. The van der Waals surface area contributed by atoms with Gasteiger partial charge in [0.2, 0.25) is 0 Å². The standard InChI is InChI=1S/C18H14N2O7S/c1-12-4-9-15(11-16(12)20(22)23)28(24,25)27-14-7-5-13(6-8-14)19-18(21)17-3-2-10-26-17/h2-11H,1H3,(H,19,21). The van der Waals surface area contributed by atoms with Crippen LogP contribution in [0.1, 0.15) is 16.1 Å². The molecular formula is C18H14N2O7S. The molecule has 0 fully saturated rings. The maximum Gasteiger partial charge on any atom is 0.339 e. The van der Waals surface area contributed by atoms with Gasteiger partial charge in [0, 0.05) is 17.3 Å². The first kappa shape index (κ1) is 19.1. The molecule has 0 bridgehead atoms. The third kappa shape index (κ3) is 4.18. The first-order chi connectivity index (χ1) is 13.3. The van der Waals surface area contributed by atoms with Crippen molar-refractivity contribution in [2.24, 2.45) is 0 Å². The van der Waals surface area contributed by atoms with Crippen molar-refractivity contribution in [3.8, 4) is 5.75 Å². The van der Waals surface area contributed by atoms with E-state index in [-0.39, 0.29) is 22.1 Å². The number of nitrogens with zero attached hydrogens (tertiary/aromatic N) is 1. The Labute approximate surface area is 159 Å². The van der Waals surface area contributed by atoms with E-state index in [0.29, 0.717) is 11.3 Å². The lowest BCUT2D eigenvalue weighted by atomic mass is 10.2. The van der Waals surface area contributed by atoms with Gasteiger partial charge in [0.15, 0.2) is 5.76 Å². The molecule has 3 rings (SSSR count). The van der Waals surface area contributed by atoms with Crippen LogP contribution in [0.25, 0.3) is 0 Å². The second kappa shape index (κ2) is 7.53. The molecule has 9 nitrogen and oxygen atoms in total. The molecule has 10 heteroatoms. The highest BCUT2D eigenvalue weighted by molar-refractivity contribution is 7.87. The molecule has 0 aliphatic heterocycles. The van der Waals surface area contributed by atoms with Gasteiger partial charge in [-0.3, -0.25) is 14.9 Å².